The number of piperidine rings is 1. The average Bonchev–Trinajstić information content (AvgIpc) is 3.54. The van der Waals surface area contributed by atoms with Gasteiger partial charge in [-0.05, 0) is 49.2 Å². The van der Waals surface area contributed by atoms with Gasteiger partial charge in [0.05, 0.1) is 12.0 Å². The van der Waals surface area contributed by atoms with Gasteiger partial charge in [-0.25, -0.2) is 8.42 Å². The van der Waals surface area contributed by atoms with Crippen LogP contribution in [0.5, 0.6) is 17.2 Å². The Morgan fingerprint density at radius 3 is 2.56 bits per heavy atom. The lowest BCUT2D eigenvalue weighted by Crippen LogP contribution is -2.37. The number of benzene rings is 2. The molecular weight excluding hydrogens is 480 g/mol. The predicted molar refractivity (Wildman–Crippen MR) is 124 cm³/mol. The molecule has 0 unspecified atom stereocenters. The van der Waals surface area contributed by atoms with Gasteiger partial charge in [0.15, 0.2) is 11.5 Å². The fourth-order valence-corrected chi connectivity index (χ4v) is 6.27. The van der Waals surface area contributed by atoms with Gasteiger partial charge in [-0.3, -0.25) is 4.79 Å². The van der Waals surface area contributed by atoms with Gasteiger partial charge in [-0.1, -0.05) is 11.3 Å². The van der Waals surface area contributed by atoms with Crippen molar-refractivity contribution in [2.24, 2.45) is 0 Å². The molecule has 1 N–H and O–H groups in total. The van der Waals surface area contributed by atoms with E-state index in [1.807, 2.05) is 0 Å². The summed E-state index contributed by atoms with van der Waals surface area (Å²) in [6.45, 7) is 0.904. The summed E-state index contributed by atoms with van der Waals surface area (Å²) in [6, 6.07) is 11.5. The quantitative estimate of drug-likeness (QED) is 0.546. The molecule has 2 aliphatic rings. The third-order valence-corrected chi connectivity index (χ3v) is 8.76. The van der Waals surface area contributed by atoms with Crippen molar-refractivity contribution in [2.45, 2.75) is 23.7 Å². The maximum Gasteiger partial charge on any atom is 0.286 e. The molecule has 0 spiro atoms. The molecule has 1 amide bonds. The van der Waals surface area contributed by atoms with Crippen LogP contribution >= 0.6 is 11.3 Å². The number of carbonyl (C=O) groups is 1. The van der Waals surface area contributed by atoms with Crippen molar-refractivity contribution in [3.63, 3.8) is 0 Å². The van der Waals surface area contributed by atoms with E-state index < -0.39 is 10.0 Å². The van der Waals surface area contributed by atoms with Gasteiger partial charge in [0, 0.05) is 30.8 Å². The second-order valence-electron chi connectivity index (χ2n) is 7.82. The highest BCUT2D eigenvalue weighted by Crippen LogP contribution is 2.35. The van der Waals surface area contributed by atoms with E-state index >= 15 is 0 Å². The Morgan fingerprint density at radius 1 is 1.09 bits per heavy atom. The lowest BCUT2D eigenvalue weighted by Gasteiger charge is -2.30. The van der Waals surface area contributed by atoms with E-state index in [9.17, 15) is 13.2 Å². The highest BCUT2D eigenvalue weighted by Gasteiger charge is 2.31. The molecule has 34 heavy (non-hydrogen) atoms. The number of nitrogens with one attached hydrogen (secondary N) is 1. The van der Waals surface area contributed by atoms with Gasteiger partial charge in [-0.2, -0.15) is 4.31 Å². The zero-order valence-electron chi connectivity index (χ0n) is 18.3. The Morgan fingerprint density at radius 2 is 1.82 bits per heavy atom. The molecule has 2 aromatic carbocycles. The molecule has 5 rings (SSSR count). The first-order chi connectivity index (χ1) is 16.4. The molecule has 0 radical (unpaired) electrons. The summed E-state index contributed by atoms with van der Waals surface area (Å²) in [6.07, 6.45) is 1.21. The number of aromatic nitrogens is 2. The van der Waals surface area contributed by atoms with Gasteiger partial charge in [0.2, 0.25) is 21.8 Å². The lowest BCUT2D eigenvalue weighted by molar-refractivity contribution is 0.102. The maximum atomic E-state index is 13.0. The number of hydrogen-bond donors (Lipinski definition) is 1. The van der Waals surface area contributed by atoms with Crippen LogP contribution in [0.3, 0.4) is 0 Å². The van der Waals surface area contributed by atoms with E-state index in [0.29, 0.717) is 48.9 Å². The number of anilines is 1. The number of amides is 1. The number of rotatable bonds is 6. The summed E-state index contributed by atoms with van der Waals surface area (Å²) in [5.74, 6) is 1.50. The molecule has 0 atom stereocenters. The molecule has 0 bridgehead atoms. The highest BCUT2D eigenvalue weighted by molar-refractivity contribution is 7.89. The molecular formula is C22H22N4O6S2. The fraction of sp³-hybridized carbons (Fsp3) is 0.318. The molecule has 3 heterocycles. The van der Waals surface area contributed by atoms with Crippen LogP contribution < -0.4 is 19.5 Å². The fourth-order valence-electron chi connectivity index (χ4n) is 3.89. The Hall–Kier alpha value is -3.22. The Bertz CT molecular complexity index is 1300. The number of fused-ring (bicyclic) bond motifs is 1. The molecule has 0 saturated carbocycles. The van der Waals surface area contributed by atoms with E-state index in [1.54, 1.807) is 42.5 Å². The van der Waals surface area contributed by atoms with Crippen molar-refractivity contribution in [3.8, 4) is 17.2 Å². The van der Waals surface area contributed by atoms with Crippen molar-refractivity contribution in [1.29, 1.82) is 0 Å². The van der Waals surface area contributed by atoms with Crippen LogP contribution in [0.1, 0.15) is 33.6 Å². The van der Waals surface area contributed by atoms with E-state index in [0.717, 1.165) is 5.01 Å². The minimum Gasteiger partial charge on any atom is -0.497 e. The first-order valence-corrected chi connectivity index (χ1v) is 12.9. The Kier molecular flexibility index (Phi) is 6.11. The highest BCUT2D eigenvalue weighted by atomic mass is 32.2. The van der Waals surface area contributed by atoms with Crippen LogP contribution in [0.25, 0.3) is 0 Å². The predicted octanol–water partition coefficient (Wildman–Crippen LogP) is 3.10. The summed E-state index contributed by atoms with van der Waals surface area (Å²) < 4.78 is 43.1. The van der Waals surface area contributed by atoms with E-state index in [-0.39, 0.29) is 28.5 Å². The summed E-state index contributed by atoms with van der Waals surface area (Å²) >= 11 is 1.23. The summed E-state index contributed by atoms with van der Waals surface area (Å²) in [7, 11) is -2.04. The first-order valence-electron chi connectivity index (χ1n) is 10.6. The molecule has 1 saturated heterocycles. The molecule has 178 valence electrons. The average molecular weight is 503 g/mol. The second-order valence-corrected chi connectivity index (χ2v) is 10.8. The standard InChI is InChI=1S/C22H22N4O6S2/c1-30-16-3-5-17(6-4-16)34(28,29)26-10-8-14(9-11-26)21-24-25-22(33-21)20(27)23-15-2-7-18-19(12-15)32-13-31-18/h2-7,12,14H,8-11,13H2,1H3,(H,23,27). The monoisotopic (exact) mass is 502 g/mol. The molecule has 0 aliphatic carbocycles. The topological polar surface area (TPSA) is 120 Å². The third kappa shape index (κ3) is 4.43. The molecule has 12 heteroatoms. The first kappa shape index (κ1) is 22.6. The van der Waals surface area contributed by atoms with Crippen LogP contribution in [-0.2, 0) is 10.0 Å². The molecule has 1 fully saturated rings. The van der Waals surface area contributed by atoms with E-state index in [1.165, 1.54) is 22.8 Å². The molecule has 1 aromatic heterocycles. The lowest BCUT2D eigenvalue weighted by atomic mass is 9.99. The minimum absolute atomic E-state index is 0.0481. The van der Waals surface area contributed by atoms with Crippen LogP contribution in [0.4, 0.5) is 5.69 Å². The number of carbonyl (C=O) groups excluding carboxylic acids is 1. The van der Waals surface area contributed by atoms with Crippen LogP contribution in [-0.4, -0.2) is 55.8 Å². The van der Waals surface area contributed by atoms with Crippen molar-refractivity contribution >= 4 is 33.0 Å². The summed E-state index contributed by atoms with van der Waals surface area (Å²) in [4.78, 5) is 12.9. The number of methoxy groups -OCH3 is 1. The van der Waals surface area contributed by atoms with Crippen LogP contribution in [0.15, 0.2) is 47.4 Å². The van der Waals surface area contributed by atoms with E-state index in [2.05, 4.69) is 15.5 Å². The largest absolute Gasteiger partial charge is 0.497 e. The Balaban J connectivity index is 1.20. The third-order valence-electron chi connectivity index (χ3n) is 5.77. The number of nitrogens with zero attached hydrogens (tertiary/aromatic N) is 3. The number of sulfonamides is 1. The van der Waals surface area contributed by atoms with Gasteiger partial charge >= 0.3 is 0 Å². The number of hydrogen-bond acceptors (Lipinski definition) is 9. The minimum atomic E-state index is -3.58. The van der Waals surface area contributed by atoms with Crippen LogP contribution in [0, 0.1) is 0 Å². The van der Waals surface area contributed by atoms with Gasteiger partial charge in [0.1, 0.15) is 10.8 Å². The second kappa shape index (κ2) is 9.20. The number of ether oxygens (including phenoxy) is 3. The van der Waals surface area contributed by atoms with Crippen molar-refractivity contribution < 1.29 is 27.4 Å². The zero-order chi connectivity index (χ0) is 23.7. The Labute approximate surface area is 200 Å². The van der Waals surface area contributed by atoms with Gasteiger partial charge < -0.3 is 19.5 Å². The van der Waals surface area contributed by atoms with Crippen molar-refractivity contribution in [3.05, 3.63) is 52.5 Å². The SMILES string of the molecule is COc1ccc(S(=O)(=O)N2CCC(c3nnc(C(=O)Nc4ccc5c(c4)OCO5)s3)CC2)cc1. The molecule has 10 nitrogen and oxygen atoms in total. The van der Waals surface area contributed by atoms with Gasteiger partial charge in [-0.15, -0.1) is 10.2 Å². The molecule has 2 aliphatic heterocycles. The van der Waals surface area contributed by atoms with E-state index in [4.69, 9.17) is 14.2 Å². The molecule has 3 aromatic rings. The summed E-state index contributed by atoms with van der Waals surface area (Å²) in [5.41, 5.74) is 0.572. The van der Waals surface area contributed by atoms with Crippen LogP contribution in [0.2, 0.25) is 0 Å². The van der Waals surface area contributed by atoms with Crippen molar-refractivity contribution in [1.82, 2.24) is 14.5 Å². The normalized spacial score (nSPS) is 16.4. The smallest absolute Gasteiger partial charge is 0.286 e. The zero-order valence-corrected chi connectivity index (χ0v) is 19.9. The maximum absolute atomic E-state index is 13.0. The van der Waals surface area contributed by atoms with Crippen molar-refractivity contribution in [2.75, 3.05) is 32.3 Å². The van der Waals surface area contributed by atoms with Gasteiger partial charge in [0.25, 0.3) is 5.91 Å². The summed E-state index contributed by atoms with van der Waals surface area (Å²) in [5, 5.41) is 12.0.